The Hall–Kier alpha value is -1.26. The van der Waals surface area contributed by atoms with Crippen molar-refractivity contribution in [2.75, 3.05) is 0 Å². The van der Waals surface area contributed by atoms with Gasteiger partial charge in [-0.3, -0.25) is 0 Å². The van der Waals surface area contributed by atoms with E-state index in [1.807, 2.05) is 0 Å². The highest BCUT2D eigenvalue weighted by molar-refractivity contribution is 5.45. The van der Waals surface area contributed by atoms with Gasteiger partial charge < -0.3 is 5.11 Å². The molecule has 0 saturated carbocycles. The predicted octanol–water partition coefficient (Wildman–Crippen LogP) is 3.98. The van der Waals surface area contributed by atoms with Crippen LogP contribution in [0.2, 0.25) is 0 Å². The summed E-state index contributed by atoms with van der Waals surface area (Å²) in [5, 5.41) is 9.18. The molecule has 0 amide bonds. The maximum Gasteiger partial charge on any atom is 0.417 e. The minimum absolute atomic E-state index is 0.0936. The van der Waals surface area contributed by atoms with Crippen LogP contribution in [0.25, 0.3) is 0 Å². The van der Waals surface area contributed by atoms with Crippen molar-refractivity contribution in [3.8, 4) is 5.75 Å². The Labute approximate surface area is 90.7 Å². The quantitative estimate of drug-likeness (QED) is 0.731. The second-order valence-corrected chi connectivity index (χ2v) is 3.95. The standard InChI is InChI=1S/C11H12F4O/c1-5(2)7-4-8(16)10(12)6(3)9(7)11(13,14)15/h4-5,16H,1-3H3. The molecule has 0 saturated heterocycles. The van der Waals surface area contributed by atoms with Crippen LogP contribution < -0.4 is 0 Å². The third kappa shape index (κ3) is 2.13. The van der Waals surface area contributed by atoms with Gasteiger partial charge in [0.2, 0.25) is 0 Å². The topological polar surface area (TPSA) is 20.2 Å². The van der Waals surface area contributed by atoms with Gasteiger partial charge in [0.25, 0.3) is 0 Å². The summed E-state index contributed by atoms with van der Waals surface area (Å²) in [6, 6.07) is 0.843. The van der Waals surface area contributed by atoms with Gasteiger partial charge in [-0.05, 0) is 24.5 Å². The van der Waals surface area contributed by atoms with Crippen LogP contribution in [0.1, 0.15) is 36.5 Å². The van der Waals surface area contributed by atoms with Crippen LogP contribution in [0.4, 0.5) is 17.6 Å². The van der Waals surface area contributed by atoms with E-state index in [4.69, 9.17) is 0 Å². The second kappa shape index (κ2) is 3.96. The van der Waals surface area contributed by atoms with Crippen molar-refractivity contribution >= 4 is 0 Å². The smallest absolute Gasteiger partial charge is 0.417 e. The Morgan fingerprint density at radius 2 is 1.75 bits per heavy atom. The number of rotatable bonds is 1. The van der Waals surface area contributed by atoms with E-state index < -0.39 is 34.8 Å². The van der Waals surface area contributed by atoms with Crippen LogP contribution in [-0.2, 0) is 6.18 Å². The first kappa shape index (κ1) is 12.8. The molecule has 0 bridgehead atoms. The van der Waals surface area contributed by atoms with E-state index in [9.17, 15) is 22.7 Å². The number of phenolic OH excluding ortho intramolecular Hbond substituents is 1. The molecule has 16 heavy (non-hydrogen) atoms. The largest absolute Gasteiger partial charge is 0.505 e. The maximum absolute atomic E-state index is 13.2. The molecule has 0 heterocycles. The molecule has 1 rings (SSSR count). The fraction of sp³-hybridized carbons (Fsp3) is 0.455. The van der Waals surface area contributed by atoms with E-state index in [1.165, 1.54) is 0 Å². The molecule has 0 aromatic heterocycles. The number of halogens is 4. The van der Waals surface area contributed by atoms with Crippen molar-refractivity contribution in [2.45, 2.75) is 32.9 Å². The summed E-state index contributed by atoms with van der Waals surface area (Å²) in [5.74, 6) is -2.40. The molecule has 5 heteroatoms. The normalized spacial score (nSPS) is 12.2. The van der Waals surface area contributed by atoms with Crippen LogP contribution in [0.5, 0.6) is 5.75 Å². The molecule has 0 spiro atoms. The summed E-state index contributed by atoms with van der Waals surface area (Å²) in [7, 11) is 0. The highest BCUT2D eigenvalue weighted by Crippen LogP contribution is 2.40. The van der Waals surface area contributed by atoms with Crippen LogP contribution in [0, 0.1) is 12.7 Å². The van der Waals surface area contributed by atoms with E-state index in [0.29, 0.717) is 0 Å². The number of aromatic hydroxyl groups is 1. The molecule has 90 valence electrons. The lowest BCUT2D eigenvalue weighted by molar-refractivity contribution is -0.139. The number of phenols is 1. The summed E-state index contributed by atoms with van der Waals surface area (Å²) in [4.78, 5) is 0. The monoisotopic (exact) mass is 236 g/mol. The molecule has 1 nitrogen and oxygen atoms in total. The predicted molar refractivity (Wildman–Crippen MR) is 51.9 cm³/mol. The highest BCUT2D eigenvalue weighted by Gasteiger charge is 2.37. The lowest BCUT2D eigenvalue weighted by Crippen LogP contribution is -2.14. The number of benzene rings is 1. The van der Waals surface area contributed by atoms with E-state index >= 15 is 0 Å². The first-order chi connectivity index (χ1) is 7.16. The van der Waals surface area contributed by atoms with Crippen molar-refractivity contribution in [2.24, 2.45) is 0 Å². The molecule has 0 aliphatic heterocycles. The fourth-order valence-corrected chi connectivity index (χ4v) is 1.63. The second-order valence-electron chi connectivity index (χ2n) is 3.95. The molecule has 0 aliphatic rings. The summed E-state index contributed by atoms with van der Waals surface area (Å²) >= 11 is 0. The van der Waals surface area contributed by atoms with Crippen LogP contribution in [0.15, 0.2) is 6.07 Å². The lowest BCUT2D eigenvalue weighted by Gasteiger charge is -2.19. The average Bonchev–Trinajstić information content (AvgIpc) is 2.10. The van der Waals surface area contributed by atoms with Crippen molar-refractivity contribution in [1.82, 2.24) is 0 Å². The summed E-state index contributed by atoms with van der Waals surface area (Å²) in [6.45, 7) is 4.13. The molecule has 1 aromatic rings. The Bertz CT molecular complexity index is 407. The van der Waals surface area contributed by atoms with Gasteiger partial charge in [-0.25, -0.2) is 4.39 Å². The molecule has 1 N–H and O–H groups in total. The number of hydrogen-bond donors (Lipinski definition) is 1. The molecular formula is C11H12F4O. The van der Waals surface area contributed by atoms with Crippen LogP contribution in [0.3, 0.4) is 0 Å². The van der Waals surface area contributed by atoms with Crippen LogP contribution >= 0.6 is 0 Å². The molecule has 1 aromatic carbocycles. The fourth-order valence-electron chi connectivity index (χ4n) is 1.63. The molecule has 0 radical (unpaired) electrons. The third-order valence-electron chi connectivity index (χ3n) is 2.42. The summed E-state index contributed by atoms with van der Waals surface area (Å²) in [5.41, 5.74) is -1.64. The van der Waals surface area contributed by atoms with Crippen molar-refractivity contribution in [1.29, 1.82) is 0 Å². The van der Waals surface area contributed by atoms with Gasteiger partial charge in [-0.2, -0.15) is 13.2 Å². The minimum Gasteiger partial charge on any atom is -0.505 e. The lowest BCUT2D eigenvalue weighted by atomic mass is 9.92. The molecule has 0 atom stereocenters. The van der Waals surface area contributed by atoms with Gasteiger partial charge >= 0.3 is 6.18 Å². The molecule has 0 fully saturated rings. The molecular weight excluding hydrogens is 224 g/mol. The first-order valence-electron chi connectivity index (χ1n) is 4.75. The van der Waals surface area contributed by atoms with E-state index in [-0.39, 0.29) is 5.56 Å². The van der Waals surface area contributed by atoms with Gasteiger partial charge in [0.1, 0.15) is 0 Å². The van der Waals surface area contributed by atoms with Crippen molar-refractivity contribution in [3.63, 3.8) is 0 Å². The van der Waals surface area contributed by atoms with E-state index in [0.717, 1.165) is 13.0 Å². The third-order valence-corrected chi connectivity index (χ3v) is 2.42. The summed E-state index contributed by atoms with van der Waals surface area (Å²) in [6.07, 6.45) is -4.61. The number of alkyl halides is 3. The Balaban J connectivity index is 3.62. The van der Waals surface area contributed by atoms with Gasteiger partial charge in [0, 0.05) is 5.56 Å². The van der Waals surface area contributed by atoms with Crippen molar-refractivity contribution in [3.05, 3.63) is 28.6 Å². The van der Waals surface area contributed by atoms with Gasteiger partial charge in [-0.1, -0.05) is 13.8 Å². The van der Waals surface area contributed by atoms with E-state index in [2.05, 4.69) is 0 Å². The first-order valence-corrected chi connectivity index (χ1v) is 4.75. The number of hydrogen-bond acceptors (Lipinski definition) is 1. The van der Waals surface area contributed by atoms with Crippen molar-refractivity contribution < 1.29 is 22.7 Å². The Morgan fingerprint density at radius 1 is 1.25 bits per heavy atom. The molecule has 0 aliphatic carbocycles. The summed E-state index contributed by atoms with van der Waals surface area (Å²) < 4.78 is 51.4. The van der Waals surface area contributed by atoms with Crippen LogP contribution in [-0.4, -0.2) is 5.11 Å². The van der Waals surface area contributed by atoms with E-state index in [1.54, 1.807) is 13.8 Å². The van der Waals surface area contributed by atoms with Gasteiger partial charge in [0.05, 0.1) is 5.56 Å². The van der Waals surface area contributed by atoms with Gasteiger partial charge in [-0.15, -0.1) is 0 Å². The highest BCUT2D eigenvalue weighted by atomic mass is 19.4. The SMILES string of the molecule is Cc1c(F)c(O)cc(C(C)C)c1C(F)(F)F. The average molecular weight is 236 g/mol. The Kier molecular flexibility index (Phi) is 3.17. The maximum atomic E-state index is 13.2. The Morgan fingerprint density at radius 3 is 2.12 bits per heavy atom. The van der Waals surface area contributed by atoms with Gasteiger partial charge in [0.15, 0.2) is 11.6 Å². The zero-order chi connectivity index (χ0) is 12.7. The zero-order valence-corrected chi connectivity index (χ0v) is 9.11. The molecule has 0 unspecified atom stereocenters. The zero-order valence-electron chi connectivity index (χ0n) is 9.11. The minimum atomic E-state index is -4.61.